The topological polar surface area (TPSA) is 46.0 Å². The molecule has 0 bridgehead atoms. The first-order valence-electron chi connectivity index (χ1n) is 10.7. The van der Waals surface area contributed by atoms with E-state index in [0.29, 0.717) is 6.04 Å². The van der Waals surface area contributed by atoms with Crippen LogP contribution in [0.4, 0.5) is 0 Å². The third-order valence-electron chi connectivity index (χ3n) is 5.49. The second-order valence-corrected chi connectivity index (χ2v) is 7.96. The number of hydrogen-bond donors (Lipinski definition) is 1. The lowest BCUT2D eigenvalue weighted by Gasteiger charge is -2.25. The highest BCUT2D eigenvalue weighted by molar-refractivity contribution is 5.62. The number of benzene rings is 2. The molecular weight excluding hydrogens is 382 g/mol. The maximum Gasteiger partial charge on any atom is 0.0988 e. The van der Waals surface area contributed by atoms with Crippen molar-refractivity contribution < 1.29 is 0 Å². The summed E-state index contributed by atoms with van der Waals surface area (Å²) in [6.45, 7) is 1.64. The Balaban J connectivity index is 1.51. The van der Waals surface area contributed by atoms with Gasteiger partial charge >= 0.3 is 0 Å². The number of nitrogens with zero attached hydrogens (tertiary/aromatic N) is 4. The zero-order valence-electron chi connectivity index (χ0n) is 18.1. The third kappa shape index (κ3) is 5.45. The molecule has 1 N–H and O–H groups in total. The van der Waals surface area contributed by atoms with Gasteiger partial charge in [-0.15, -0.1) is 0 Å². The molecule has 0 spiro atoms. The molecule has 1 unspecified atom stereocenters. The van der Waals surface area contributed by atoms with Crippen LogP contribution in [0.2, 0.25) is 0 Å². The minimum Gasteiger partial charge on any atom is -0.311 e. The van der Waals surface area contributed by atoms with Gasteiger partial charge < -0.3 is 10.2 Å². The summed E-state index contributed by atoms with van der Waals surface area (Å²) in [5.74, 6) is 0. The fraction of sp³-hybridized carbons (Fsp3) is 0.231. The van der Waals surface area contributed by atoms with Crippen LogP contribution in [-0.4, -0.2) is 46.3 Å². The summed E-state index contributed by atoms with van der Waals surface area (Å²) >= 11 is 0. The van der Waals surface area contributed by atoms with Gasteiger partial charge in [0.05, 0.1) is 11.4 Å². The van der Waals surface area contributed by atoms with Gasteiger partial charge in [0.1, 0.15) is 0 Å². The molecule has 4 aromatic rings. The summed E-state index contributed by atoms with van der Waals surface area (Å²) in [7, 11) is 4.29. The zero-order valence-corrected chi connectivity index (χ0v) is 18.1. The van der Waals surface area contributed by atoms with Crippen molar-refractivity contribution in [3.63, 3.8) is 0 Å². The standard InChI is InChI=1S/C26H29N5/c1-30(2)25(16-21-10-5-3-6-11-21)19-28-18-23-20-31(24-13-7-4-8-14-24)29-26(23)22-12-9-15-27-17-22/h3-15,17,20,25,28H,16,18-19H2,1-2H3. The van der Waals surface area contributed by atoms with Crippen LogP contribution in [0.5, 0.6) is 0 Å². The maximum atomic E-state index is 4.88. The van der Waals surface area contributed by atoms with Crippen molar-refractivity contribution in [1.29, 1.82) is 0 Å². The number of hydrogen-bond acceptors (Lipinski definition) is 4. The van der Waals surface area contributed by atoms with E-state index in [0.717, 1.165) is 42.0 Å². The van der Waals surface area contributed by atoms with E-state index >= 15 is 0 Å². The normalized spacial score (nSPS) is 12.2. The van der Waals surface area contributed by atoms with E-state index in [1.165, 1.54) is 5.56 Å². The van der Waals surface area contributed by atoms with Gasteiger partial charge in [-0.25, -0.2) is 4.68 Å². The fourth-order valence-corrected chi connectivity index (χ4v) is 3.69. The Morgan fingerprint density at radius 3 is 2.35 bits per heavy atom. The molecule has 0 aliphatic heterocycles. The molecule has 0 saturated carbocycles. The van der Waals surface area contributed by atoms with Crippen molar-refractivity contribution in [3.8, 4) is 16.9 Å². The van der Waals surface area contributed by atoms with Crippen LogP contribution in [0, 0.1) is 0 Å². The predicted octanol–water partition coefficient (Wildman–Crippen LogP) is 4.20. The number of aromatic nitrogens is 3. The van der Waals surface area contributed by atoms with Crippen LogP contribution in [0.15, 0.2) is 91.4 Å². The molecule has 5 nitrogen and oxygen atoms in total. The van der Waals surface area contributed by atoms with Crippen molar-refractivity contribution >= 4 is 0 Å². The molecule has 2 aromatic carbocycles. The first-order valence-corrected chi connectivity index (χ1v) is 10.7. The summed E-state index contributed by atoms with van der Waals surface area (Å²) in [5, 5.41) is 8.54. The van der Waals surface area contributed by atoms with E-state index in [4.69, 9.17) is 5.10 Å². The van der Waals surface area contributed by atoms with Crippen LogP contribution in [-0.2, 0) is 13.0 Å². The van der Waals surface area contributed by atoms with Crippen molar-refractivity contribution in [1.82, 2.24) is 25.0 Å². The lowest BCUT2D eigenvalue weighted by molar-refractivity contribution is 0.281. The number of rotatable bonds is 9. The molecule has 2 aromatic heterocycles. The van der Waals surface area contributed by atoms with Gasteiger partial charge in [0, 0.05) is 48.8 Å². The second-order valence-electron chi connectivity index (χ2n) is 7.96. The van der Waals surface area contributed by atoms with Crippen LogP contribution in [0.1, 0.15) is 11.1 Å². The minimum atomic E-state index is 0.411. The van der Waals surface area contributed by atoms with Gasteiger partial charge in [-0.3, -0.25) is 4.98 Å². The Kier molecular flexibility index (Phi) is 6.87. The van der Waals surface area contributed by atoms with Crippen LogP contribution < -0.4 is 5.32 Å². The third-order valence-corrected chi connectivity index (χ3v) is 5.49. The molecule has 0 fully saturated rings. The number of likely N-dealkylation sites (N-methyl/N-ethyl adjacent to an activating group) is 1. The Bertz CT molecular complexity index is 1060. The van der Waals surface area contributed by atoms with Crippen LogP contribution in [0.25, 0.3) is 16.9 Å². The molecule has 2 heterocycles. The first kappa shape index (κ1) is 21.0. The van der Waals surface area contributed by atoms with Gasteiger partial charge in [0.25, 0.3) is 0 Å². The summed E-state index contributed by atoms with van der Waals surface area (Å²) in [6, 6.07) is 25.3. The predicted molar refractivity (Wildman–Crippen MR) is 126 cm³/mol. The highest BCUT2D eigenvalue weighted by Gasteiger charge is 2.15. The first-order chi connectivity index (χ1) is 15.2. The SMILES string of the molecule is CN(C)C(CNCc1cn(-c2ccccc2)nc1-c1cccnc1)Cc1ccccc1. The van der Waals surface area contributed by atoms with Crippen molar-refractivity contribution in [3.05, 3.63) is 103 Å². The summed E-state index contributed by atoms with van der Waals surface area (Å²) < 4.78 is 1.95. The van der Waals surface area contributed by atoms with Crippen molar-refractivity contribution in [2.45, 2.75) is 19.0 Å². The highest BCUT2D eigenvalue weighted by Crippen LogP contribution is 2.23. The molecule has 0 aliphatic rings. The minimum absolute atomic E-state index is 0.411. The summed E-state index contributed by atoms with van der Waals surface area (Å²) in [6.07, 6.45) is 6.80. The monoisotopic (exact) mass is 411 g/mol. The van der Waals surface area contributed by atoms with E-state index in [2.05, 4.69) is 84.0 Å². The van der Waals surface area contributed by atoms with E-state index in [1.807, 2.05) is 35.1 Å². The molecule has 4 rings (SSSR count). The summed E-state index contributed by atoms with van der Waals surface area (Å²) in [4.78, 5) is 6.57. The Morgan fingerprint density at radius 1 is 0.935 bits per heavy atom. The molecule has 0 amide bonds. The smallest absolute Gasteiger partial charge is 0.0988 e. The second kappa shape index (κ2) is 10.2. The number of para-hydroxylation sites is 1. The van der Waals surface area contributed by atoms with E-state index < -0.39 is 0 Å². The van der Waals surface area contributed by atoms with Crippen molar-refractivity contribution in [2.24, 2.45) is 0 Å². The Labute approximate surface area is 184 Å². The average Bonchev–Trinajstić information content (AvgIpc) is 3.24. The Hall–Kier alpha value is -3.28. The van der Waals surface area contributed by atoms with E-state index in [-0.39, 0.29) is 0 Å². The molecule has 0 saturated heterocycles. The van der Waals surface area contributed by atoms with Gasteiger partial charge in [-0.1, -0.05) is 48.5 Å². The quantitative estimate of drug-likeness (QED) is 0.448. The van der Waals surface area contributed by atoms with Gasteiger partial charge in [0.15, 0.2) is 0 Å². The largest absolute Gasteiger partial charge is 0.311 e. The maximum absolute atomic E-state index is 4.88. The van der Waals surface area contributed by atoms with Gasteiger partial charge in [-0.2, -0.15) is 5.10 Å². The van der Waals surface area contributed by atoms with E-state index in [9.17, 15) is 0 Å². The van der Waals surface area contributed by atoms with Crippen LogP contribution in [0.3, 0.4) is 0 Å². The van der Waals surface area contributed by atoms with Gasteiger partial charge in [0.2, 0.25) is 0 Å². The van der Waals surface area contributed by atoms with Crippen LogP contribution >= 0.6 is 0 Å². The number of nitrogens with one attached hydrogen (secondary N) is 1. The molecule has 0 radical (unpaired) electrons. The molecular formula is C26H29N5. The molecule has 1 atom stereocenters. The zero-order chi connectivity index (χ0) is 21.5. The average molecular weight is 412 g/mol. The van der Waals surface area contributed by atoms with Gasteiger partial charge in [-0.05, 0) is 50.3 Å². The molecule has 158 valence electrons. The van der Waals surface area contributed by atoms with E-state index in [1.54, 1.807) is 6.20 Å². The van der Waals surface area contributed by atoms with Crippen molar-refractivity contribution in [2.75, 3.05) is 20.6 Å². The highest BCUT2D eigenvalue weighted by atomic mass is 15.3. The Morgan fingerprint density at radius 2 is 1.68 bits per heavy atom. The fourth-order valence-electron chi connectivity index (χ4n) is 3.69. The lowest BCUT2D eigenvalue weighted by atomic mass is 10.0. The molecule has 0 aliphatic carbocycles. The summed E-state index contributed by atoms with van der Waals surface area (Å²) in [5.41, 5.74) is 5.57. The molecule has 31 heavy (non-hydrogen) atoms. The molecule has 5 heteroatoms. The number of pyridine rings is 1. The lowest BCUT2D eigenvalue weighted by Crippen LogP contribution is -2.39.